The molecule has 3 saturated carbocycles. The molecule has 3 N–H and O–H groups in total. The van der Waals surface area contributed by atoms with Gasteiger partial charge in [-0.25, -0.2) is 13.1 Å². The van der Waals surface area contributed by atoms with Crippen LogP contribution < -0.4 is 10.5 Å². The topological polar surface area (TPSA) is 110 Å². The minimum absolute atomic E-state index is 0. The summed E-state index contributed by atoms with van der Waals surface area (Å²) in [5.74, 6) is -0.160. The average Bonchev–Trinajstić information content (AvgIpc) is 3.45. The number of nitrogens with one attached hydrogen (secondary N) is 1. The van der Waals surface area contributed by atoms with E-state index in [2.05, 4.69) is 4.72 Å². The number of ketones is 1. The fourth-order valence-electron chi connectivity index (χ4n) is 6.63. The van der Waals surface area contributed by atoms with E-state index in [0.717, 1.165) is 43.2 Å². The van der Waals surface area contributed by atoms with Crippen molar-refractivity contribution in [1.82, 2.24) is 9.62 Å². The Bertz CT molecular complexity index is 1040. The summed E-state index contributed by atoms with van der Waals surface area (Å²) >= 11 is 0. The first-order valence-corrected chi connectivity index (χ1v) is 14.2. The van der Waals surface area contributed by atoms with E-state index in [0.29, 0.717) is 19.4 Å². The highest BCUT2D eigenvalue weighted by Gasteiger charge is 2.65. The van der Waals surface area contributed by atoms with Crippen LogP contribution in [0.1, 0.15) is 69.9 Å². The molecule has 0 aliphatic heterocycles. The number of carbonyl (C=O) groups excluding carboxylic acids is 2. The van der Waals surface area contributed by atoms with Crippen molar-refractivity contribution >= 4 is 34.1 Å². The third-order valence-electron chi connectivity index (χ3n) is 9.11. The lowest BCUT2D eigenvalue weighted by molar-refractivity contribution is -0.133. The predicted octanol–water partition coefficient (Wildman–Crippen LogP) is 3.19. The third-order valence-corrected chi connectivity index (χ3v) is 10.6. The largest absolute Gasteiger partial charge is 0.341 e. The van der Waals surface area contributed by atoms with Gasteiger partial charge in [-0.15, -0.1) is 12.4 Å². The number of nitrogens with zero attached hydrogens (tertiary/aromatic N) is 1. The van der Waals surface area contributed by atoms with Crippen molar-refractivity contribution in [3.8, 4) is 0 Å². The number of halogens is 1. The Morgan fingerprint density at radius 1 is 1.14 bits per heavy atom. The van der Waals surface area contributed by atoms with Crippen LogP contribution in [0, 0.1) is 16.7 Å². The summed E-state index contributed by atoms with van der Waals surface area (Å²) in [6.45, 7) is 4.48. The lowest BCUT2D eigenvalue weighted by atomic mass is 9.70. The zero-order valence-electron chi connectivity index (χ0n) is 21.1. The number of hydrogen-bond acceptors (Lipinski definition) is 5. The zero-order chi connectivity index (χ0) is 24.7. The fourth-order valence-corrected chi connectivity index (χ4v) is 8.66. The molecule has 0 heterocycles. The quantitative estimate of drug-likeness (QED) is 0.514. The number of amides is 1. The molecule has 35 heavy (non-hydrogen) atoms. The minimum atomic E-state index is -3.89. The fraction of sp³-hybridized carbons (Fsp3) is 0.692. The molecule has 3 fully saturated rings. The van der Waals surface area contributed by atoms with E-state index in [1.165, 1.54) is 0 Å². The number of rotatable bonds is 9. The molecule has 9 heteroatoms. The van der Waals surface area contributed by atoms with Crippen molar-refractivity contribution in [2.24, 2.45) is 22.5 Å². The monoisotopic (exact) mass is 525 g/mol. The maximum absolute atomic E-state index is 13.5. The Balaban J connectivity index is 0.00000342. The lowest BCUT2D eigenvalue weighted by Crippen LogP contribution is -2.53. The molecule has 1 aromatic carbocycles. The Hall–Kier alpha value is -1.48. The van der Waals surface area contributed by atoms with E-state index < -0.39 is 21.5 Å². The van der Waals surface area contributed by atoms with Crippen LogP contribution >= 0.6 is 12.4 Å². The summed E-state index contributed by atoms with van der Waals surface area (Å²) in [5.41, 5.74) is 6.34. The van der Waals surface area contributed by atoms with Gasteiger partial charge in [0, 0.05) is 31.5 Å². The van der Waals surface area contributed by atoms with E-state index >= 15 is 0 Å². The molecule has 3 aliphatic rings. The second-order valence-electron chi connectivity index (χ2n) is 11.2. The van der Waals surface area contributed by atoms with Gasteiger partial charge in [0.1, 0.15) is 11.8 Å². The van der Waals surface area contributed by atoms with Crippen molar-refractivity contribution in [2.45, 2.75) is 83.8 Å². The van der Waals surface area contributed by atoms with Crippen molar-refractivity contribution in [3.05, 3.63) is 35.4 Å². The third kappa shape index (κ3) is 5.31. The van der Waals surface area contributed by atoms with Gasteiger partial charge in [0.25, 0.3) is 0 Å². The summed E-state index contributed by atoms with van der Waals surface area (Å²) in [5, 5.41) is 0. The highest BCUT2D eigenvalue weighted by molar-refractivity contribution is 7.89. The van der Waals surface area contributed by atoms with Crippen LogP contribution in [-0.4, -0.2) is 49.9 Å². The van der Waals surface area contributed by atoms with Gasteiger partial charge in [0.05, 0.1) is 5.75 Å². The Labute approximate surface area is 216 Å². The standard InChI is InChI=1S/C26H39N3O4S.ClH/c1-25(2)20-12-13-26(25,23(30)15-20)17-34(32,33)28-22(14-18-8-10-19(16-27)11-9-18)24(31)29(3)21-6-4-5-7-21;/h8-11,20-22,28H,4-7,12-17,27H2,1-3H3;1H/t20?,22-,26+;/m0./s1. The second kappa shape index (κ2) is 10.5. The molecule has 3 atom stereocenters. The summed E-state index contributed by atoms with van der Waals surface area (Å²) < 4.78 is 29.7. The van der Waals surface area contributed by atoms with Crippen molar-refractivity contribution in [1.29, 1.82) is 0 Å². The summed E-state index contributed by atoms with van der Waals surface area (Å²) in [4.78, 5) is 28.2. The van der Waals surface area contributed by atoms with Crippen molar-refractivity contribution < 1.29 is 18.0 Å². The molecule has 0 saturated heterocycles. The van der Waals surface area contributed by atoms with Gasteiger partial charge in [0.15, 0.2) is 0 Å². The number of benzene rings is 1. The van der Waals surface area contributed by atoms with Crippen LogP contribution in [0.15, 0.2) is 24.3 Å². The van der Waals surface area contributed by atoms with Crippen LogP contribution in [0.4, 0.5) is 0 Å². The maximum atomic E-state index is 13.5. The van der Waals surface area contributed by atoms with Gasteiger partial charge in [0.2, 0.25) is 15.9 Å². The lowest BCUT2D eigenvalue weighted by Gasteiger charge is -2.37. The average molecular weight is 526 g/mol. The highest BCUT2D eigenvalue weighted by Crippen LogP contribution is 2.64. The van der Waals surface area contributed by atoms with Crippen LogP contribution in [0.2, 0.25) is 0 Å². The molecular weight excluding hydrogens is 486 g/mol. The van der Waals surface area contributed by atoms with Gasteiger partial charge in [-0.2, -0.15) is 0 Å². The molecule has 1 amide bonds. The van der Waals surface area contributed by atoms with E-state index in [-0.39, 0.29) is 53.6 Å². The zero-order valence-corrected chi connectivity index (χ0v) is 22.7. The molecule has 2 bridgehead atoms. The van der Waals surface area contributed by atoms with E-state index in [9.17, 15) is 18.0 Å². The first-order chi connectivity index (χ1) is 16.0. The van der Waals surface area contributed by atoms with Crippen LogP contribution in [0.5, 0.6) is 0 Å². The van der Waals surface area contributed by atoms with E-state index in [4.69, 9.17) is 5.73 Å². The summed E-state index contributed by atoms with van der Waals surface area (Å²) in [6.07, 6.45) is 6.26. The van der Waals surface area contributed by atoms with E-state index in [1.807, 2.05) is 38.1 Å². The smallest absolute Gasteiger partial charge is 0.241 e. The van der Waals surface area contributed by atoms with Gasteiger partial charge in [-0.05, 0) is 54.6 Å². The molecule has 196 valence electrons. The highest BCUT2D eigenvalue weighted by atomic mass is 35.5. The number of likely N-dealkylation sites (N-methyl/N-ethyl adjacent to an activating group) is 1. The molecule has 0 aromatic heterocycles. The SMILES string of the molecule is CN(C(=O)[C@H](Cc1ccc(CN)cc1)NS(=O)(=O)C[C@]12CCC(CC1=O)C2(C)C)C1CCCC1.Cl. The molecule has 0 spiro atoms. The normalized spacial score (nSPS) is 26.5. The first-order valence-electron chi connectivity index (χ1n) is 12.6. The summed E-state index contributed by atoms with van der Waals surface area (Å²) in [7, 11) is -2.11. The van der Waals surface area contributed by atoms with Gasteiger partial charge >= 0.3 is 0 Å². The van der Waals surface area contributed by atoms with Gasteiger partial charge in [-0.1, -0.05) is 51.0 Å². The molecule has 0 radical (unpaired) electrons. The van der Waals surface area contributed by atoms with Crippen molar-refractivity contribution in [2.75, 3.05) is 12.8 Å². The van der Waals surface area contributed by atoms with Crippen LogP contribution in [-0.2, 0) is 32.6 Å². The number of hydrogen-bond donors (Lipinski definition) is 2. The number of fused-ring (bicyclic) bond motifs is 2. The van der Waals surface area contributed by atoms with E-state index in [1.54, 1.807) is 11.9 Å². The molecule has 4 rings (SSSR count). The first kappa shape index (κ1) is 28.1. The number of sulfonamides is 1. The maximum Gasteiger partial charge on any atom is 0.241 e. The Kier molecular flexibility index (Phi) is 8.41. The van der Waals surface area contributed by atoms with Crippen LogP contribution in [0.3, 0.4) is 0 Å². The van der Waals surface area contributed by atoms with Gasteiger partial charge < -0.3 is 10.6 Å². The number of carbonyl (C=O) groups is 2. The molecule has 3 aliphatic carbocycles. The summed E-state index contributed by atoms with van der Waals surface area (Å²) in [6, 6.07) is 6.84. The minimum Gasteiger partial charge on any atom is -0.341 e. The van der Waals surface area contributed by atoms with Crippen LogP contribution in [0.25, 0.3) is 0 Å². The van der Waals surface area contributed by atoms with Crippen molar-refractivity contribution in [3.63, 3.8) is 0 Å². The Morgan fingerprint density at radius 3 is 2.26 bits per heavy atom. The molecular formula is C26H40ClN3O4S. The number of Topliss-reactive ketones (excluding diaryl/α,β-unsaturated/α-hetero) is 1. The number of nitrogens with two attached hydrogens (primary N) is 1. The predicted molar refractivity (Wildman–Crippen MR) is 140 cm³/mol. The molecule has 1 aromatic rings. The Morgan fingerprint density at radius 2 is 1.74 bits per heavy atom. The van der Waals surface area contributed by atoms with Gasteiger partial charge in [-0.3, -0.25) is 9.59 Å². The molecule has 7 nitrogen and oxygen atoms in total. The second-order valence-corrected chi connectivity index (χ2v) is 13.0. The molecule has 1 unspecified atom stereocenters.